The van der Waals surface area contributed by atoms with Gasteiger partial charge in [0, 0.05) is 32.7 Å². The SMILES string of the molecule is COC(=O)c1ccc(CN2CCN(/C(=N\C(=O)OC(C)(C)C)N(Cc3ccc4ccccc4c3)C(=O)OC(C)(C)C)CC2)cc1. The van der Waals surface area contributed by atoms with Crippen LogP contribution in [0.15, 0.2) is 71.7 Å². The van der Waals surface area contributed by atoms with E-state index in [4.69, 9.17) is 14.2 Å². The van der Waals surface area contributed by atoms with Gasteiger partial charge in [0.05, 0.1) is 19.2 Å². The average Bonchev–Trinajstić information content (AvgIpc) is 2.97. The highest BCUT2D eigenvalue weighted by atomic mass is 16.6. The Bertz CT molecular complexity index is 1530. The van der Waals surface area contributed by atoms with Crippen LogP contribution in [0.3, 0.4) is 0 Å². The maximum atomic E-state index is 13.8. The lowest BCUT2D eigenvalue weighted by atomic mass is 10.1. The van der Waals surface area contributed by atoms with Gasteiger partial charge in [-0.05, 0) is 81.6 Å². The summed E-state index contributed by atoms with van der Waals surface area (Å²) in [6.45, 7) is 13.9. The highest BCUT2D eigenvalue weighted by Gasteiger charge is 2.33. The predicted molar refractivity (Wildman–Crippen MR) is 174 cm³/mol. The molecule has 0 saturated carbocycles. The minimum absolute atomic E-state index is 0.147. The zero-order valence-electron chi connectivity index (χ0n) is 27.3. The Morgan fingerprint density at radius 1 is 0.778 bits per heavy atom. The molecular weight excluding hydrogens is 572 g/mol. The Balaban J connectivity index is 1.60. The van der Waals surface area contributed by atoms with Crippen molar-refractivity contribution < 1.29 is 28.6 Å². The molecule has 0 atom stereocenters. The van der Waals surface area contributed by atoms with Gasteiger partial charge >= 0.3 is 18.2 Å². The van der Waals surface area contributed by atoms with Crippen molar-refractivity contribution in [2.45, 2.75) is 65.8 Å². The fourth-order valence-electron chi connectivity index (χ4n) is 4.95. The van der Waals surface area contributed by atoms with Crippen molar-refractivity contribution in [1.82, 2.24) is 14.7 Å². The zero-order valence-corrected chi connectivity index (χ0v) is 27.3. The molecule has 0 aromatic heterocycles. The van der Waals surface area contributed by atoms with Crippen LogP contribution in [0.4, 0.5) is 9.59 Å². The van der Waals surface area contributed by atoms with Crippen LogP contribution in [-0.2, 0) is 27.3 Å². The number of aliphatic imine (C=N–C) groups is 1. The molecule has 0 N–H and O–H groups in total. The van der Waals surface area contributed by atoms with Gasteiger partial charge in [-0.2, -0.15) is 0 Å². The monoisotopic (exact) mass is 616 g/mol. The molecule has 3 aromatic carbocycles. The minimum Gasteiger partial charge on any atom is -0.465 e. The lowest BCUT2D eigenvalue weighted by Gasteiger charge is -2.39. The number of ether oxygens (including phenoxy) is 3. The Kier molecular flexibility index (Phi) is 10.5. The summed E-state index contributed by atoms with van der Waals surface area (Å²) in [4.78, 5) is 48.7. The maximum absolute atomic E-state index is 13.8. The first-order valence-corrected chi connectivity index (χ1v) is 15.2. The van der Waals surface area contributed by atoms with Crippen LogP contribution in [0.5, 0.6) is 0 Å². The molecule has 0 aliphatic carbocycles. The fourth-order valence-corrected chi connectivity index (χ4v) is 4.95. The molecule has 10 heteroatoms. The van der Waals surface area contributed by atoms with Gasteiger partial charge in [0.2, 0.25) is 5.96 Å². The van der Waals surface area contributed by atoms with E-state index in [1.165, 1.54) is 12.0 Å². The number of benzene rings is 3. The number of guanidine groups is 1. The summed E-state index contributed by atoms with van der Waals surface area (Å²) in [7, 11) is 1.36. The van der Waals surface area contributed by atoms with Gasteiger partial charge < -0.3 is 19.1 Å². The zero-order chi connectivity index (χ0) is 32.8. The molecule has 1 saturated heterocycles. The number of esters is 1. The van der Waals surface area contributed by atoms with Gasteiger partial charge in [0.25, 0.3) is 0 Å². The third-order valence-corrected chi connectivity index (χ3v) is 7.03. The Morgan fingerprint density at radius 2 is 1.38 bits per heavy atom. The second kappa shape index (κ2) is 14.1. The van der Waals surface area contributed by atoms with Crippen molar-refractivity contribution in [2.24, 2.45) is 4.99 Å². The van der Waals surface area contributed by atoms with Crippen molar-refractivity contribution in [3.8, 4) is 0 Å². The van der Waals surface area contributed by atoms with E-state index in [0.29, 0.717) is 38.3 Å². The van der Waals surface area contributed by atoms with E-state index < -0.39 is 23.4 Å². The molecule has 1 fully saturated rings. The van der Waals surface area contributed by atoms with Crippen molar-refractivity contribution in [2.75, 3.05) is 33.3 Å². The number of rotatable bonds is 5. The minimum atomic E-state index is -0.780. The Labute approximate surface area is 265 Å². The van der Waals surface area contributed by atoms with Gasteiger partial charge in [-0.25, -0.2) is 19.3 Å². The van der Waals surface area contributed by atoms with E-state index in [-0.39, 0.29) is 18.5 Å². The molecule has 1 aliphatic heterocycles. The number of piperazine rings is 1. The quantitative estimate of drug-likeness (QED) is 0.139. The summed E-state index contributed by atoms with van der Waals surface area (Å²) in [6, 6.07) is 21.4. The molecule has 240 valence electrons. The van der Waals surface area contributed by atoms with Crippen LogP contribution >= 0.6 is 0 Å². The van der Waals surface area contributed by atoms with Crippen molar-refractivity contribution in [1.29, 1.82) is 0 Å². The summed E-state index contributed by atoms with van der Waals surface area (Å²) in [5, 5.41) is 2.13. The molecule has 3 aromatic rings. The molecule has 4 rings (SSSR count). The van der Waals surface area contributed by atoms with Crippen molar-refractivity contribution in [3.05, 3.63) is 83.4 Å². The highest BCUT2D eigenvalue weighted by Crippen LogP contribution is 2.21. The number of fused-ring (bicyclic) bond motifs is 1. The smallest absolute Gasteiger partial charge is 0.437 e. The molecule has 2 amide bonds. The highest BCUT2D eigenvalue weighted by molar-refractivity contribution is 5.99. The average molecular weight is 617 g/mol. The van der Waals surface area contributed by atoms with Crippen LogP contribution < -0.4 is 0 Å². The second-order valence-electron chi connectivity index (χ2n) is 13.1. The number of carbonyl (C=O) groups is 3. The molecule has 10 nitrogen and oxygen atoms in total. The number of amides is 2. The van der Waals surface area contributed by atoms with E-state index in [9.17, 15) is 14.4 Å². The summed E-state index contributed by atoms with van der Waals surface area (Å²) >= 11 is 0. The topological polar surface area (TPSA) is 101 Å². The first kappa shape index (κ1) is 33.5. The summed E-state index contributed by atoms with van der Waals surface area (Å²) in [5.41, 5.74) is 0.902. The van der Waals surface area contributed by atoms with Crippen LogP contribution in [0.25, 0.3) is 10.8 Å². The van der Waals surface area contributed by atoms with E-state index in [1.807, 2.05) is 59.5 Å². The van der Waals surface area contributed by atoms with Crippen molar-refractivity contribution >= 4 is 34.9 Å². The largest absolute Gasteiger partial charge is 0.465 e. The molecule has 0 radical (unpaired) electrons. The van der Waals surface area contributed by atoms with Crippen molar-refractivity contribution in [3.63, 3.8) is 0 Å². The Hall–Kier alpha value is -4.44. The summed E-state index contributed by atoms with van der Waals surface area (Å²) < 4.78 is 16.2. The first-order valence-electron chi connectivity index (χ1n) is 15.2. The van der Waals surface area contributed by atoms with E-state index in [0.717, 1.165) is 21.9 Å². The van der Waals surface area contributed by atoms with Gasteiger partial charge in [-0.3, -0.25) is 4.90 Å². The Morgan fingerprint density at radius 3 is 1.98 bits per heavy atom. The molecule has 0 bridgehead atoms. The number of methoxy groups -OCH3 is 1. The number of hydrogen-bond donors (Lipinski definition) is 0. The lowest BCUT2D eigenvalue weighted by Crippen LogP contribution is -2.55. The normalized spacial score (nSPS) is 14.6. The van der Waals surface area contributed by atoms with Gasteiger partial charge in [0.1, 0.15) is 11.2 Å². The maximum Gasteiger partial charge on any atom is 0.437 e. The van der Waals surface area contributed by atoms with Gasteiger partial charge in [0.15, 0.2) is 0 Å². The second-order valence-corrected chi connectivity index (χ2v) is 13.1. The third kappa shape index (κ3) is 9.78. The number of carbonyl (C=O) groups excluding carboxylic acids is 3. The van der Waals surface area contributed by atoms with Gasteiger partial charge in [-0.15, -0.1) is 4.99 Å². The van der Waals surface area contributed by atoms with E-state index in [2.05, 4.69) is 9.89 Å². The van der Waals surface area contributed by atoms with Crippen LogP contribution in [-0.4, -0.2) is 83.3 Å². The summed E-state index contributed by atoms with van der Waals surface area (Å²) in [5.74, 6) is -0.182. The van der Waals surface area contributed by atoms with Crippen LogP contribution in [0, 0.1) is 0 Å². The fraction of sp³-hybridized carbons (Fsp3) is 0.429. The standard InChI is InChI=1S/C35H44N4O6/c1-34(2,3)44-32(41)36-31(38-20-18-37(19-21-38)23-25-12-16-28(17-13-25)30(40)43-7)39(33(42)45-35(4,5)6)24-26-14-15-27-10-8-9-11-29(27)22-26/h8-17,22H,18-21,23-24H2,1-7H3/b36-31+. The van der Waals surface area contributed by atoms with Crippen LogP contribution in [0.1, 0.15) is 63.0 Å². The number of hydrogen-bond acceptors (Lipinski definition) is 7. The first-order chi connectivity index (χ1) is 21.2. The van der Waals surface area contributed by atoms with Crippen LogP contribution in [0.2, 0.25) is 0 Å². The molecular formula is C35H44N4O6. The predicted octanol–water partition coefficient (Wildman–Crippen LogP) is 6.47. The molecule has 0 unspecified atom stereocenters. The lowest BCUT2D eigenvalue weighted by molar-refractivity contribution is 0.0325. The molecule has 0 spiro atoms. The molecule has 1 heterocycles. The third-order valence-electron chi connectivity index (χ3n) is 7.03. The van der Waals surface area contributed by atoms with Gasteiger partial charge in [-0.1, -0.05) is 48.5 Å². The summed E-state index contributed by atoms with van der Waals surface area (Å²) in [6.07, 6.45) is -1.39. The number of nitrogens with zero attached hydrogens (tertiary/aromatic N) is 4. The molecule has 1 aliphatic rings. The van der Waals surface area contributed by atoms with E-state index >= 15 is 0 Å². The van der Waals surface area contributed by atoms with E-state index in [1.54, 1.807) is 53.7 Å². The molecule has 45 heavy (non-hydrogen) atoms.